The number of esters is 1. The van der Waals surface area contributed by atoms with Crippen LogP contribution in [0.15, 0.2) is 23.8 Å². The smallest absolute Gasteiger partial charge is 0.310 e. The minimum atomic E-state index is -0.930. The van der Waals surface area contributed by atoms with Crippen molar-refractivity contribution in [3.8, 4) is 0 Å². The first-order valence-electron chi connectivity index (χ1n) is 14.0. The Morgan fingerprint density at radius 1 is 1.22 bits per heavy atom. The average molecular weight is 503 g/mol. The summed E-state index contributed by atoms with van der Waals surface area (Å²) >= 11 is 0. The molecule has 6 nitrogen and oxygen atoms in total. The normalized spacial score (nSPS) is 42.6. The van der Waals surface area contributed by atoms with Crippen LogP contribution in [0.1, 0.15) is 86.0 Å². The van der Waals surface area contributed by atoms with Gasteiger partial charge in [-0.15, -0.1) is 0 Å². The molecule has 3 N–H and O–H groups in total. The van der Waals surface area contributed by atoms with Crippen LogP contribution >= 0.6 is 0 Å². The highest BCUT2D eigenvalue weighted by Crippen LogP contribution is 2.67. The van der Waals surface area contributed by atoms with Crippen molar-refractivity contribution in [3.63, 3.8) is 0 Å². The maximum absolute atomic E-state index is 13.1. The molecule has 3 fully saturated rings. The number of hydrogen-bond acceptors (Lipinski definition) is 5. The van der Waals surface area contributed by atoms with Gasteiger partial charge in [0, 0.05) is 25.2 Å². The summed E-state index contributed by atoms with van der Waals surface area (Å²) in [5.41, 5.74) is 0.690. The Hall–Kier alpha value is -1.66. The summed E-state index contributed by atoms with van der Waals surface area (Å²) in [5, 5.41) is 33.8. The molecule has 3 unspecified atom stereocenters. The summed E-state index contributed by atoms with van der Waals surface area (Å²) in [4.78, 5) is 24.6. The quantitative estimate of drug-likeness (QED) is 0.329. The molecular weight excluding hydrogens is 456 g/mol. The number of fused-ring (bicyclic) bond motifs is 5. The standard InChI is InChI=1S/C30H46O6/c1-16(2)17(3)7-8-18(4)23-11-12-24-22-10-9-20-13-21(36-19(5)31)14-26(33)29(20,6)27(22)25(32)15-30(23,24)28(34)35/h9,16,18,21-27,32-33H,3,7-8,10-15H2,1-2,4-6H3,(H,34,35)/t18-,21-,22?,23-,24?,25-,26+,27?,29-,30+/m1/s1. The summed E-state index contributed by atoms with van der Waals surface area (Å²) in [6, 6.07) is 0. The fourth-order valence-corrected chi connectivity index (χ4v) is 8.91. The van der Waals surface area contributed by atoms with Gasteiger partial charge in [-0.1, -0.05) is 51.5 Å². The Balaban J connectivity index is 1.63. The van der Waals surface area contributed by atoms with Gasteiger partial charge in [0.1, 0.15) is 6.10 Å². The summed E-state index contributed by atoms with van der Waals surface area (Å²) in [6.07, 6.45) is 5.67. The second-order valence-corrected chi connectivity index (χ2v) is 12.9. The lowest BCUT2D eigenvalue weighted by molar-refractivity contribution is -0.189. The second kappa shape index (κ2) is 9.90. The van der Waals surface area contributed by atoms with Crippen LogP contribution in [0.5, 0.6) is 0 Å². The first kappa shape index (κ1) is 27.4. The van der Waals surface area contributed by atoms with Crippen LogP contribution in [0.4, 0.5) is 0 Å². The monoisotopic (exact) mass is 502 g/mol. The van der Waals surface area contributed by atoms with Gasteiger partial charge in [-0.3, -0.25) is 9.59 Å². The Labute approximate surface area is 216 Å². The highest BCUT2D eigenvalue weighted by Gasteiger charge is 2.68. The van der Waals surface area contributed by atoms with E-state index >= 15 is 0 Å². The van der Waals surface area contributed by atoms with Crippen LogP contribution < -0.4 is 0 Å². The molecule has 0 aromatic rings. The van der Waals surface area contributed by atoms with Gasteiger partial charge in [-0.05, 0) is 74.0 Å². The minimum absolute atomic E-state index is 0.0151. The van der Waals surface area contributed by atoms with Crippen molar-refractivity contribution >= 4 is 11.9 Å². The summed E-state index contributed by atoms with van der Waals surface area (Å²) in [6.45, 7) is 14.1. The Morgan fingerprint density at radius 3 is 2.53 bits per heavy atom. The van der Waals surface area contributed by atoms with Crippen LogP contribution in [0.2, 0.25) is 0 Å². The van der Waals surface area contributed by atoms with Gasteiger partial charge in [0.05, 0.1) is 17.6 Å². The fourth-order valence-electron chi connectivity index (χ4n) is 8.91. The van der Waals surface area contributed by atoms with E-state index in [2.05, 4.69) is 33.4 Å². The average Bonchev–Trinajstić information content (AvgIpc) is 3.18. The third-order valence-electron chi connectivity index (χ3n) is 10.9. The fraction of sp³-hybridized carbons (Fsp3) is 0.800. The topological polar surface area (TPSA) is 104 Å². The number of aliphatic hydroxyl groups is 2. The van der Waals surface area contributed by atoms with Gasteiger partial charge in [-0.25, -0.2) is 0 Å². The maximum Gasteiger partial charge on any atom is 0.310 e. The van der Waals surface area contributed by atoms with E-state index in [-0.39, 0.29) is 48.1 Å². The van der Waals surface area contributed by atoms with E-state index in [0.29, 0.717) is 25.2 Å². The zero-order chi connectivity index (χ0) is 26.6. The number of allylic oxidation sites excluding steroid dienone is 2. The Bertz CT molecular complexity index is 922. The molecule has 3 saturated carbocycles. The predicted molar refractivity (Wildman–Crippen MR) is 138 cm³/mol. The van der Waals surface area contributed by atoms with E-state index in [9.17, 15) is 24.9 Å². The molecule has 0 aromatic heterocycles. The van der Waals surface area contributed by atoms with Gasteiger partial charge in [0.15, 0.2) is 0 Å². The van der Waals surface area contributed by atoms with Gasteiger partial charge in [-0.2, -0.15) is 0 Å². The number of aliphatic carboxylic acids is 1. The number of aliphatic hydroxyl groups excluding tert-OH is 2. The van der Waals surface area contributed by atoms with Gasteiger partial charge in [0.25, 0.3) is 0 Å². The Morgan fingerprint density at radius 2 is 1.92 bits per heavy atom. The molecule has 4 aliphatic rings. The number of rotatable bonds is 7. The highest BCUT2D eigenvalue weighted by atomic mass is 16.5. The molecule has 6 heteroatoms. The third kappa shape index (κ3) is 4.26. The summed E-state index contributed by atoms with van der Waals surface area (Å²) in [7, 11) is 0. The van der Waals surface area contributed by atoms with Crippen LogP contribution in [0.25, 0.3) is 0 Å². The SMILES string of the molecule is C=C(CC[C@@H](C)[C@H]1CCC2C3CC=C4C[C@@H](OC(C)=O)C[C@H](O)[C@]4(C)C3[C@H](O)C[C@@]21C(=O)O)C(C)C. The maximum atomic E-state index is 13.1. The van der Waals surface area contributed by atoms with Gasteiger partial charge >= 0.3 is 11.9 Å². The third-order valence-corrected chi connectivity index (χ3v) is 10.9. The van der Waals surface area contributed by atoms with E-state index in [1.807, 2.05) is 6.92 Å². The zero-order valence-corrected chi connectivity index (χ0v) is 22.7. The molecular formula is C30H46O6. The largest absolute Gasteiger partial charge is 0.481 e. The van der Waals surface area contributed by atoms with Crippen molar-refractivity contribution in [3.05, 3.63) is 23.8 Å². The van der Waals surface area contributed by atoms with Crippen LogP contribution in [-0.4, -0.2) is 45.6 Å². The molecule has 0 aromatic carbocycles. The van der Waals surface area contributed by atoms with Gasteiger partial charge in [0.2, 0.25) is 0 Å². The highest BCUT2D eigenvalue weighted by molar-refractivity contribution is 5.76. The van der Waals surface area contributed by atoms with Crippen LogP contribution in [0.3, 0.4) is 0 Å². The molecule has 0 heterocycles. The van der Waals surface area contributed by atoms with Crippen molar-refractivity contribution < 1.29 is 29.6 Å². The number of carboxylic acid groups (broad SMARTS) is 1. The van der Waals surface area contributed by atoms with Crippen molar-refractivity contribution in [2.24, 2.45) is 46.3 Å². The molecule has 202 valence electrons. The van der Waals surface area contributed by atoms with Crippen LogP contribution in [-0.2, 0) is 14.3 Å². The molecule has 0 radical (unpaired) electrons. The predicted octanol–water partition coefficient (Wildman–Crippen LogP) is 5.13. The lowest BCUT2D eigenvalue weighted by Gasteiger charge is -2.60. The molecule has 4 rings (SSSR count). The van der Waals surface area contributed by atoms with E-state index in [1.165, 1.54) is 12.5 Å². The zero-order valence-electron chi connectivity index (χ0n) is 22.7. The Kier molecular flexibility index (Phi) is 7.53. The van der Waals surface area contributed by atoms with Crippen molar-refractivity contribution in [2.75, 3.05) is 0 Å². The molecule has 36 heavy (non-hydrogen) atoms. The molecule has 0 aliphatic heterocycles. The molecule has 4 aliphatic carbocycles. The van der Waals surface area contributed by atoms with Crippen molar-refractivity contribution in [2.45, 2.75) is 104 Å². The molecule has 0 bridgehead atoms. The summed E-state index contributed by atoms with van der Waals surface area (Å²) < 4.78 is 5.44. The van der Waals surface area contributed by atoms with E-state index < -0.39 is 29.0 Å². The van der Waals surface area contributed by atoms with Crippen molar-refractivity contribution in [1.82, 2.24) is 0 Å². The van der Waals surface area contributed by atoms with E-state index in [4.69, 9.17) is 4.74 Å². The van der Waals surface area contributed by atoms with Crippen LogP contribution in [0, 0.1) is 46.3 Å². The number of carboxylic acids is 1. The summed E-state index contributed by atoms with van der Waals surface area (Å²) in [5.74, 6) is -0.626. The number of carbonyl (C=O) groups is 2. The van der Waals surface area contributed by atoms with E-state index in [1.54, 1.807) is 0 Å². The lowest BCUT2D eigenvalue weighted by Crippen LogP contribution is -2.62. The van der Waals surface area contributed by atoms with Crippen molar-refractivity contribution in [1.29, 1.82) is 0 Å². The minimum Gasteiger partial charge on any atom is -0.481 e. The number of ether oxygens (including phenoxy) is 1. The molecule has 0 amide bonds. The molecule has 10 atom stereocenters. The number of hydrogen-bond donors (Lipinski definition) is 3. The van der Waals surface area contributed by atoms with E-state index in [0.717, 1.165) is 31.3 Å². The molecule has 0 saturated heterocycles. The molecule has 0 spiro atoms. The number of carbonyl (C=O) groups excluding carboxylic acids is 1. The van der Waals surface area contributed by atoms with Gasteiger partial charge < -0.3 is 20.1 Å². The lowest BCUT2D eigenvalue weighted by atomic mass is 9.45. The first-order chi connectivity index (χ1) is 16.8. The first-order valence-corrected chi connectivity index (χ1v) is 14.0. The second-order valence-electron chi connectivity index (χ2n) is 12.9.